The quantitative estimate of drug-likeness (QED) is 0.702. The molecular weight excluding hydrogens is 280 g/mol. The van der Waals surface area contributed by atoms with Crippen molar-refractivity contribution in [3.05, 3.63) is 29.8 Å². The number of rotatable bonds is 7. The molecule has 0 radical (unpaired) electrons. The number of hydrogen-bond acceptors (Lipinski definition) is 4. The monoisotopic (exact) mass is 300 g/mol. The van der Waals surface area contributed by atoms with Crippen molar-refractivity contribution in [3.8, 4) is 0 Å². The Labute approximate surface area is 119 Å². The predicted octanol–water partition coefficient (Wildman–Crippen LogP) is 1.24. The van der Waals surface area contributed by atoms with Crippen molar-refractivity contribution in [3.63, 3.8) is 0 Å². The lowest BCUT2D eigenvalue weighted by molar-refractivity contribution is -0.137. The highest BCUT2D eigenvalue weighted by Gasteiger charge is 2.12. The Morgan fingerprint density at radius 2 is 1.85 bits per heavy atom. The van der Waals surface area contributed by atoms with Gasteiger partial charge in [-0.3, -0.25) is 4.79 Å². The molecule has 7 heteroatoms. The van der Waals surface area contributed by atoms with E-state index in [-0.39, 0.29) is 23.4 Å². The zero-order valence-corrected chi connectivity index (χ0v) is 12.4. The maximum atomic E-state index is 11.1. The van der Waals surface area contributed by atoms with Crippen LogP contribution in [-0.2, 0) is 14.8 Å². The number of benzene rings is 1. The SMILES string of the molecule is CC(CCC(=O)O)NC(C)c1ccc(S(N)(=O)=O)cc1. The zero-order valence-electron chi connectivity index (χ0n) is 11.5. The first-order valence-corrected chi connectivity index (χ1v) is 7.85. The Kier molecular flexibility index (Phi) is 5.67. The van der Waals surface area contributed by atoms with Gasteiger partial charge in [0.2, 0.25) is 10.0 Å². The number of primary sulfonamides is 1. The Morgan fingerprint density at radius 1 is 1.30 bits per heavy atom. The molecule has 2 unspecified atom stereocenters. The van der Waals surface area contributed by atoms with Gasteiger partial charge in [0.1, 0.15) is 0 Å². The summed E-state index contributed by atoms with van der Waals surface area (Å²) in [5.41, 5.74) is 0.916. The average molecular weight is 300 g/mol. The van der Waals surface area contributed by atoms with Crippen molar-refractivity contribution >= 4 is 16.0 Å². The second kappa shape index (κ2) is 6.83. The molecule has 20 heavy (non-hydrogen) atoms. The van der Waals surface area contributed by atoms with Crippen LogP contribution in [0.2, 0.25) is 0 Å². The van der Waals surface area contributed by atoms with Crippen molar-refractivity contribution in [1.29, 1.82) is 0 Å². The van der Waals surface area contributed by atoms with Crippen LogP contribution >= 0.6 is 0 Å². The Morgan fingerprint density at radius 3 is 2.30 bits per heavy atom. The van der Waals surface area contributed by atoms with E-state index in [0.29, 0.717) is 6.42 Å². The number of aliphatic carboxylic acids is 1. The number of carboxylic acids is 1. The van der Waals surface area contributed by atoms with E-state index in [1.54, 1.807) is 12.1 Å². The van der Waals surface area contributed by atoms with Gasteiger partial charge in [0.15, 0.2) is 0 Å². The van der Waals surface area contributed by atoms with Gasteiger partial charge in [-0.2, -0.15) is 0 Å². The predicted molar refractivity (Wildman–Crippen MR) is 75.7 cm³/mol. The molecule has 1 aromatic carbocycles. The van der Waals surface area contributed by atoms with E-state index in [1.165, 1.54) is 12.1 Å². The standard InChI is InChI=1S/C13H20N2O4S/c1-9(3-8-13(16)17)15-10(2)11-4-6-12(7-5-11)20(14,18)19/h4-7,9-10,15H,3,8H2,1-2H3,(H,16,17)(H2,14,18,19). The number of nitrogens with one attached hydrogen (secondary N) is 1. The van der Waals surface area contributed by atoms with E-state index in [9.17, 15) is 13.2 Å². The van der Waals surface area contributed by atoms with E-state index in [4.69, 9.17) is 10.2 Å². The minimum atomic E-state index is -3.67. The van der Waals surface area contributed by atoms with Crippen molar-refractivity contribution < 1.29 is 18.3 Å². The van der Waals surface area contributed by atoms with E-state index in [2.05, 4.69) is 5.32 Å². The van der Waals surface area contributed by atoms with Gasteiger partial charge in [-0.1, -0.05) is 12.1 Å². The summed E-state index contributed by atoms with van der Waals surface area (Å²) in [6.07, 6.45) is 0.653. The molecule has 0 saturated heterocycles. The molecule has 0 fully saturated rings. The molecule has 0 aliphatic carbocycles. The second-order valence-corrected chi connectivity index (χ2v) is 6.40. The normalized spacial score (nSPS) is 14.8. The van der Waals surface area contributed by atoms with Crippen LogP contribution in [0.1, 0.15) is 38.3 Å². The molecule has 0 saturated carbocycles. The third-order valence-electron chi connectivity index (χ3n) is 3.03. The Balaban J connectivity index is 2.64. The number of carboxylic acid groups (broad SMARTS) is 1. The molecular formula is C13H20N2O4S. The molecule has 0 heterocycles. The summed E-state index contributed by atoms with van der Waals surface area (Å²) in [6, 6.07) is 6.37. The number of sulfonamides is 1. The maximum absolute atomic E-state index is 11.1. The third-order valence-corrected chi connectivity index (χ3v) is 3.96. The van der Waals surface area contributed by atoms with Gasteiger partial charge < -0.3 is 10.4 Å². The van der Waals surface area contributed by atoms with Crippen molar-refractivity contribution in [1.82, 2.24) is 5.32 Å². The Hall–Kier alpha value is -1.44. The summed E-state index contributed by atoms with van der Waals surface area (Å²) in [5, 5.41) is 16.9. The fraction of sp³-hybridized carbons (Fsp3) is 0.462. The Bertz CT molecular complexity index is 554. The molecule has 2 atom stereocenters. The zero-order chi connectivity index (χ0) is 15.3. The number of hydrogen-bond donors (Lipinski definition) is 3. The fourth-order valence-electron chi connectivity index (χ4n) is 1.89. The summed E-state index contributed by atoms with van der Waals surface area (Å²) in [4.78, 5) is 10.6. The third kappa shape index (κ3) is 5.28. The van der Waals surface area contributed by atoms with Crippen LogP contribution in [0.3, 0.4) is 0 Å². The maximum Gasteiger partial charge on any atom is 0.303 e. The van der Waals surface area contributed by atoms with Crippen LogP contribution in [0.15, 0.2) is 29.2 Å². The van der Waals surface area contributed by atoms with Crippen LogP contribution < -0.4 is 10.5 Å². The highest BCUT2D eigenvalue weighted by Crippen LogP contribution is 2.16. The molecule has 6 nitrogen and oxygen atoms in total. The summed E-state index contributed by atoms with van der Waals surface area (Å²) in [6.45, 7) is 3.85. The van der Waals surface area contributed by atoms with Gasteiger partial charge in [-0.05, 0) is 38.0 Å². The summed E-state index contributed by atoms with van der Waals surface area (Å²) in [7, 11) is -3.67. The number of nitrogens with two attached hydrogens (primary N) is 1. The summed E-state index contributed by atoms with van der Waals surface area (Å²) < 4.78 is 22.3. The molecule has 0 bridgehead atoms. The van der Waals surface area contributed by atoms with Gasteiger partial charge in [-0.15, -0.1) is 0 Å². The molecule has 112 valence electrons. The topological polar surface area (TPSA) is 109 Å². The molecule has 1 rings (SSSR count). The fourth-order valence-corrected chi connectivity index (χ4v) is 2.41. The van der Waals surface area contributed by atoms with E-state index >= 15 is 0 Å². The summed E-state index contributed by atoms with van der Waals surface area (Å²) >= 11 is 0. The lowest BCUT2D eigenvalue weighted by atomic mass is 10.1. The first-order valence-electron chi connectivity index (χ1n) is 6.30. The molecule has 0 aliphatic rings. The van der Waals surface area contributed by atoms with Gasteiger partial charge in [0.25, 0.3) is 0 Å². The number of carbonyl (C=O) groups is 1. The van der Waals surface area contributed by atoms with Gasteiger partial charge in [0.05, 0.1) is 4.90 Å². The lowest BCUT2D eigenvalue weighted by Gasteiger charge is -2.20. The van der Waals surface area contributed by atoms with Crippen LogP contribution in [0.5, 0.6) is 0 Å². The van der Waals surface area contributed by atoms with Gasteiger partial charge in [-0.25, -0.2) is 13.6 Å². The van der Waals surface area contributed by atoms with Crippen LogP contribution in [0, 0.1) is 0 Å². The second-order valence-electron chi connectivity index (χ2n) is 4.84. The molecule has 0 spiro atoms. The van der Waals surface area contributed by atoms with Crippen molar-refractivity contribution in [2.45, 2.75) is 43.7 Å². The van der Waals surface area contributed by atoms with Crippen molar-refractivity contribution in [2.75, 3.05) is 0 Å². The lowest BCUT2D eigenvalue weighted by Crippen LogP contribution is -2.29. The largest absolute Gasteiger partial charge is 0.481 e. The van der Waals surface area contributed by atoms with Gasteiger partial charge in [0, 0.05) is 18.5 Å². The van der Waals surface area contributed by atoms with Crippen molar-refractivity contribution in [2.24, 2.45) is 5.14 Å². The summed E-state index contributed by atoms with van der Waals surface area (Å²) in [5.74, 6) is -0.816. The van der Waals surface area contributed by atoms with Crippen LogP contribution in [0.25, 0.3) is 0 Å². The minimum Gasteiger partial charge on any atom is -0.481 e. The van der Waals surface area contributed by atoms with E-state index in [0.717, 1.165) is 5.56 Å². The van der Waals surface area contributed by atoms with Crippen LogP contribution in [0.4, 0.5) is 0 Å². The molecule has 4 N–H and O–H groups in total. The first kappa shape index (κ1) is 16.6. The van der Waals surface area contributed by atoms with E-state index < -0.39 is 16.0 Å². The van der Waals surface area contributed by atoms with E-state index in [1.807, 2.05) is 13.8 Å². The average Bonchev–Trinajstić information content (AvgIpc) is 2.35. The minimum absolute atomic E-state index is 0.00618. The van der Waals surface area contributed by atoms with Gasteiger partial charge >= 0.3 is 5.97 Å². The molecule has 0 amide bonds. The molecule has 0 aromatic heterocycles. The molecule has 0 aliphatic heterocycles. The highest BCUT2D eigenvalue weighted by molar-refractivity contribution is 7.89. The molecule has 1 aromatic rings. The highest BCUT2D eigenvalue weighted by atomic mass is 32.2. The van der Waals surface area contributed by atoms with Crippen LogP contribution in [-0.4, -0.2) is 25.5 Å². The first-order chi connectivity index (χ1) is 9.20. The smallest absolute Gasteiger partial charge is 0.303 e.